The smallest absolute Gasteiger partial charge is 0.239 e. The molecule has 140 valence electrons. The zero-order valence-electron chi connectivity index (χ0n) is 15.4. The number of amides is 1. The molecule has 2 aromatic carbocycles. The molecule has 0 aliphatic heterocycles. The number of sulfone groups is 1. The van der Waals surface area contributed by atoms with Gasteiger partial charge in [-0.1, -0.05) is 30.3 Å². The van der Waals surface area contributed by atoms with E-state index in [0.717, 1.165) is 17.4 Å². The minimum Gasteiger partial charge on any atom is -0.493 e. The normalized spacial score (nSPS) is 12.3. The van der Waals surface area contributed by atoms with E-state index in [-0.39, 0.29) is 29.1 Å². The molecule has 7 heteroatoms. The molecule has 2 N–H and O–H groups in total. The van der Waals surface area contributed by atoms with Crippen molar-refractivity contribution in [1.29, 1.82) is 0 Å². The van der Waals surface area contributed by atoms with Gasteiger partial charge in [0.1, 0.15) is 4.90 Å². The molecule has 26 heavy (non-hydrogen) atoms. The summed E-state index contributed by atoms with van der Waals surface area (Å²) in [6, 6.07) is 12.8. The van der Waals surface area contributed by atoms with Crippen molar-refractivity contribution in [2.75, 3.05) is 25.2 Å². The van der Waals surface area contributed by atoms with Gasteiger partial charge in [-0.15, -0.1) is 0 Å². The van der Waals surface area contributed by atoms with Gasteiger partial charge in [0.2, 0.25) is 5.91 Å². The molecule has 0 saturated heterocycles. The van der Waals surface area contributed by atoms with E-state index in [1.54, 1.807) is 19.1 Å². The maximum absolute atomic E-state index is 12.2. The van der Waals surface area contributed by atoms with Crippen LogP contribution in [-0.2, 0) is 14.6 Å². The molecule has 0 aliphatic carbocycles. The molecule has 0 aromatic heterocycles. The monoisotopic (exact) mass is 376 g/mol. The third kappa shape index (κ3) is 4.98. The average molecular weight is 376 g/mol. The van der Waals surface area contributed by atoms with Crippen molar-refractivity contribution >= 4 is 21.4 Å². The molecule has 1 atom stereocenters. The fraction of sp³-hybridized carbons (Fsp3) is 0.316. The highest BCUT2D eigenvalue weighted by Crippen LogP contribution is 2.33. The molecule has 2 rings (SSSR count). The second-order valence-corrected chi connectivity index (χ2v) is 8.15. The van der Waals surface area contributed by atoms with Crippen LogP contribution in [0.15, 0.2) is 47.4 Å². The van der Waals surface area contributed by atoms with Gasteiger partial charge >= 0.3 is 0 Å². The molecular formula is C19H24N2O4S. The Morgan fingerprint density at radius 3 is 2.42 bits per heavy atom. The van der Waals surface area contributed by atoms with Crippen molar-refractivity contribution in [3.63, 3.8) is 0 Å². The molecule has 0 fully saturated rings. The van der Waals surface area contributed by atoms with Crippen molar-refractivity contribution in [2.45, 2.75) is 24.8 Å². The molecule has 1 amide bonds. The third-order valence-electron chi connectivity index (χ3n) is 3.92. The molecule has 6 nitrogen and oxygen atoms in total. The van der Waals surface area contributed by atoms with E-state index in [9.17, 15) is 13.2 Å². The van der Waals surface area contributed by atoms with Gasteiger partial charge in [0, 0.05) is 6.26 Å². The molecule has 0 heterocycles. The number of benzene rings is 2. The van der Waals surface area contributed by atoms with Gasteiger partial charge in [-0.25, -0.2) is 8.42 Å². The summed E-state index contributed by atoms with van der Waals surface area (Å²) in [5.74, 6) is 0.00725. The van der Waals surface area contributed by atoms with Gasteiger partial charge in [0.15, 0.2) is 15.6 Å². The molecule has 0 spiro atoms. The largest absolute Gasteiger partial charge is 0.493 e. The molecule has 0 saturated carbocycles. The van der Waals surface area contributed by atoms with Crippen LogP contribution >= 0.6 is 0 Å². The van der Waals surface area contributed by atoms with Gasteiger partial charge in [-0.05, 0) is 37.1 Å². The maximum atomic E-state index is 12.2. The van der Waals surface area contributed by atoms with Crippen LogP contribution in [0.1, 0.15) is 24.1 Å². The standard InChI is InChI=1S/C19H24N2O4S/c1-13-10-16(19(25-3)17(11-13)26(4,23)24)20-12-18(22)21-14(2)15-8-6-5-7-9-15/h5-11,14,20H,12H2,1-4H3,(H,21,22). The minimum atomic E-state index is -3.45. The summed E-state index contributed by atoms with van der Waals surface area (Å²) in [5.41, 5.74) is 2.23. The lowest BCUT2D eigenvalue weighted by molar-refractivity contribution is -0.120. The van der Waals surface area contributed by atoms with E-state index in [0.29, 0.717) is 5.69 Å². The lowest BCUT2D eigenvalue weighted by Gasteiger charge is -2.17. The first-order valence-electron chi connectivity index (χ1n) is 8.19. The van der Waals surface area contributed by atoms with Crippen molar-refractivity contribution in [3.05, 3.63) is 53.6 Å². The highest BCUT2D eigenvalue weighted by molar-refractivity contribution is 7.90. The quantitative estimate of drug-likeness (QED) is 0.776. The fourth-order valence-electron chi connectivity index (χ4n) is 2.65. The number of ether oxygens (including phenoxy) is 1. The van der Waals surface area contributed by atoms with E-state index in [1.807, 2.05) is 37.3 Å². The number of carbonyl (C=O) groups excluding carboxylic acids is 1. The van der Waals surface area contributed by atoms with Crippen LogP contribution in [-0.4, -0.2) is 34.2 Å². The zero-order valence-corrected chi connectivity index (χ0v) is 16.2. The Hall–Kier alpha value is -2.54. The highest BCUT2D eigenvalue weighted by Gasteiger charge is 2.19. The van der Waals surface area contributed by atoms with E-state index < -0.39 is 9.84 Å². The Kier molecular flexibility index (Phi) is 6.26. The summed E-state index contributed by atoms with van der Waals surface area (Å²) in [5, 5.41) is 5.88. The molecule has 1 unspecified atom stereocenters. The second kappa shape index (κ2) is 8.23. The topological polar surface area (TPSA) is 84.5 Å². The molecule has 0 radical (unpaired) electrons. The van der Waals surface area contributed by atoms with Crippen LogP contribution in [0, 0.1) is 6.92 Å². The van der Waals surface area contributed by atoms with Crippen LogP contribution in [0.4, 0.5) is 5.69 Å². The van der Waals surface area contributed by atoms with Crippen molar-refractivity contribution in [1.82, 2.24) is 5.32 Å². The van der Waals surface area contributed by atoms with Gasteiger partial charge < -0.3 is 15.4 Å². The summed E-state index contributed by atoms with van der Waals surface area (Å²) in [7, 11) is -2.04. The highest BCUT2D eigenvalue weighted by atomic mass is 32.2. The SMILES string of the molecule is COc1c(NCC(=O)NC(C)c2ccccc2)cc(C)cc1S(C)(=O)=O. The molecule has 0 aliphatic rings. The lowest BCUT2D eigenvalue weighted by Crippen LogP contribution is -2.32. The summed E-state index contributed by atoms with van der Waals surface area (Å²) >= 11 is 0. The van der Waals surface area contributed by atoms with Crippen LogP contribution in [0.5, 0.6) is 5.75 Å². The van der Waals surface area contributed by atoms with E-state index in [2.05, 4.69) is 10.6 Å². The van der Waals surface area contributed by atoms with Crippen molar-refractivity contribution in [2.24, 2.45) is 0 Å². The minimum absolute atomic E-state index is 0.000187. The first-order valence-corrected chi connectivity index (χ1v) is 10.1. The van der Waals surface area contributed by atoms with Crippen LogP contribution in [0.3, 0.4) is 0 Å². The number of methoxy groups -OCH3 is 1. The lowest BCUT2D eigenvalue weighted by atomic mass is 10.1. The number of nitrogens with one attached hydrogen (secondary N) is 2. The first kappa shape index (κ1) is 19.8. The maximum Gasteiger partial charge on any atom is 0.239 e. The number of rotatable bonds is 7. The number of hydrogen-bond acceptors (Lipinski definition) is 5. The number of aryl methyl sites for hydroxylation is 1. The summed E-state index contributed by atoms with van der Waals surface area (Å²) < 4.78 is 29.2. The van der Waals surface area contributed by atoms with Crippen LogP contribution in [0.25, 0.3) is 0 Å². The predicted molar refractivity (Wildman–Crippen MR) is 102 cm³/mol. The molecule has 0 bridgehead atoms. The Morgan fingerprint density at radius 1 is 1.19 bits per heavy atom. The van der Waals surface area contributed by atoms with Gasteiger partial charge in [0.25, 0.3) is 0 Å². The van der Waals surface area contributed by atoms with E-state index in [4.69, 9.17) is 4.74 Å². The fourth-order valence-corrected chi connectivity index (χ4v) is 3.58. The van der Waals surface area contributed by atoms with Crippen LogP contribution < -0.4 is 15.4 Å². The molecular weight excluding hydrogens is 352 g/mol. The summed E-state index contributed by atoms with van der Waals surface area (Å²) in [6.45, 7) is 3.69. The molecule has 2 aromatic rings. The summed E-state index contributed by atoms with van der Waals surface area (Å²) in [6.07, 6.45) is 1.13. The van der Waals surface area contributed by atoms with Crippen molar-refractivity contribution in [3.8, 4) is 5.75 Å². The summed E-state index contributed by atoms with van der Waals surface area (Å²) in [4.78, 5) is 12.3. The average Bonchev–Trinajstić information content (AvgIpc) is 2.59. The van der Waals surface area contributed by atoms with Gasteiger partial charge in [-0.3, -0.25) is 4.79 Å². The number of hydrogen-bond donors (Lipinski definition) is 2. The van der Waals surface area contributed by atoms with Crippen LogP contribution in [0.2, 0.25) is 0 Å². The van der Waals surface area contributed by atoms with E-state index in [1.165, 1.54) is 7.11 Å². The zero-order chi connectivity index (χ0) is 19.3. The van der Waals surface area contributed by atoms with Crippen molar-refractivity contribution < 1.29 is 17.9 Å². The van der Waals surface area contributed by atoms with Gasteiger partial charge in [-0.2, -0.15) is 0 Å². The number of anilines is 1. The Morgan fingerprint density at radius 2 is 1.85 bits per heavy atom. The Bertz CT molecular complexity index is 880. The predicted octanol–water partition coefficient (Wildman–Crippen LogP) is 2.70. The first-order chi connectivity index (χ1) is 12.2. The van der Waals surface area contributed by atoms with E-state index >= 15 is 0 Å². The second-order valence-electron chi connectivity index (χ2n) is 6.17. The Labute approximate surface area is 154 Å². The third-order valence-corrected chi connectivity index (χ3v) is 5.02. The number of carbonyl (C=O) groups is 1. The van der Waals surface area contributed by atoms with Gasteiger partial charge in [0.05, 0.1) is 25.4 Å². The Balaban J connectivity index is 2.11.